The van der Waals surface area contributed by atoms with Gasteiger partial charge in [-0.2, -0.15) is 0 Å². The number of thiazole rings is 1. The predicted molar refractivity (Wildman–Crippen MR) is 132 cm³/mol. The second-order valence-corrected chi connectivity index (χ2v) is 9.03. The summed E-state index contributed by atoms with van der Waals surface area (Å²) in [5, 5.41) is 3.34. The molecule has 0 radical (unpaired) electrons. The molecule has 9 heteroatoms. The number of nitrogens with zero attached hydrogens (tertiary/aromatic N) is 3. The molecule has 0 aliphatic carbocycles. The maximum Gasteiger partial charge on any atom is 0.350 e. The fourth-order valence-corrected chi connectivity index (χ4v) is 4.74. The molecule has 1 amide bonds. The summed E-state index contributed by atoms with van der Waals surface area (Å²) in [5.74, 6) is -1.37. The van der Waals surface area contributed by atoms with E-state index in [4.69, 9.17) is 4.74 Å². The molecule has 1 aromatic heterocycles. The molecule has 0 unspecified atom stereocenters. The number of anilines is 2. The van der Waals surface area contributed by atoms with Crippen molar-refractivity contribution in [2.75, 3.05) is 49.5 Å². The second kappa shape index (κ2) is 10.8. The highest BCUT2D eigenvalue weighted by Gasteiger charge is 2.19. The summed E-state index contributed by atoms with van der Waals surface area (Å²) in [6, 6.07) is 13.6. The SMILES string of the molecule is CCN1CCN(c2ccc(NC(=O)COC(=O)c3sc(-c4ccc(F)cc4)nc3C)cc2)CC1. The van der Waals surface area contributed by atoms with Crippen LogP contribution in [0, 0.1) is 12.7 Å². The second-order valence-electron chi connectivity index (χ2n) is 8.03. The maximum atomic E-state index is 13.1. The Balaban J connectivity index is 1.28. The highest BCUT2D eigenvalue weighted by Crippen LogP contribution is 2.28. The maximum absolute atomic E-state index is 13.1. The quantitative estimate of drug-likeness (QED) is 0.509. The average Bonchev–Trinajstić information content (AvgIpc) is 3.25. The number of hydrogen-bond donors (Lipinski definition) is 1. The van der Waals surface area contributed by atoms with Crippen LogP contribution < -0.4 is 10.2 Å². The van der Waals surface area contributed by atoms with E-state index in [0.717, 1.165) is 49.7 Å². The summed E-state index contributed by atoms with van der Waals surface area (Å²) >= 11 is 1.15. The normalized spacial score (nSPS) is 14.1. The summed E-state index contributed by atoms with van der Waals surface area (Å²) < 4.78 is 18.3. The Kier molecular flexibility index (Phi) is 7.54. The number of rotatable bonds is 7. The number of carbonyl (C=O) groups excluding carboxylic acids is 2. The molecule has 3 aromatic rings. The number of aryl methyl sites for hydroxylation is 1. The first-order valence-electron chi connectivity index (χ1n) is 11.2. The third-order valence-corrected chi connectivity index (χ3v) is 6.93. The molecule has 4 rings (SSSR count). The van der Waals surface area contributed by atoms with Gasteiger partial charge in [0.25, 0.3) is 5.91 Å². The van der Waals surface area contributed by atoms with E-state index in [9.17, 15) is 14.0 Å². The molecule has 2 heterocycles. The first kappa shape index (κ1) is 23.8. The van der Waals surface area contributed by atoms with E-state index in [-0.39, 0.29) is 5.82 Å². The van der Waals surface area contributed by atoms with Crippen molar-refractivity contribution in [3.8, 4) is 10.6 Å². The van der Waals surface area contributed by atoms with Gasteiger partial charge in [0.05, 0.1) is 5.69 Å². The van der Waals surface area contributed by atoms with Crippen molar-refractivity contribution in [2.45, 2.75) is 13.8 Å². The van der Waals surface area contributed by atoms with Crippen LogP contribution in [0.2, 0.25) is 0 Å². The van der Waals surface area contributed by atoms with Crippen molar-refractivity contribution in [1.82, 2.24) is 9.88 Å². The molecule has 2 aromatic carbocycles. The first-order chi connectivity index (χ1) is 16.4. The van der Waals surface area contributed by atoms with Crippen LogP contribution in [0.5, 0.6) is 0 Å². The van der Waals surface area contributed by atoms with Gasteiger partial charge in [-0.25, -0.2) is 14.2 Å². The number of carbonyl (C=O) groups is 2. The van der Waals surface area contributed by atoms with Crippen LogP contribution in [0.3, 0.4) is 0 Å². The minimum absolute atomic E-state index is 0.319. The van der Waals surface area contributed by atoms with Gasteiger partial charge >= 0.3 is 5.97 Å². The van der Waals surface area contributed by atoms with E-state index < -0.39 is 18.5 Å². The Morgan fingerprint density at radius 1 is 1.06 bits per heavy atom. The highest BCUT2D eigenvalue weighted by atomic mass is 32.1. The molecular weight excluding hydrogens is 455 g/mol. The summed E-state index contributed by atoms with van der Waals surface area (Å²) in [6.07, 6.45) is 0. The van der Waals surface area contributed by atoms with Gasteiger partial charge < -0.3 is 19.9 Å². The number of likely N-dealkylation sites (N-methyl/N-ethyl adjacent to an activating group) is 1. The van der Waals surface area contributed by atoms with Crippen molar-refractivity contribution in [1.29, 1.82) is 0 Å². The minimum atomic E-state index is -0.611. The molecule has 0 bridgehead atoms. The van der Waals surface area contributed by atoms with Gasteiger partial charge in [0.2, 0.25) is 0 Å². The smallest absolute Gasteiger partial charge is 0.350 e. The molecule has 178 valence electrons. The Morgan fingerprint density at radius 3 is 2.38 bits per heavy atom. The zero-order valence-electron chi connectivity index (χ0n) is 19.2. The van der Waals surface area contributed by atoms with Gasteiger partial charge in [-0.1, -0.05) is 6.92 Å². The van der Waals surface area contributed by atoms with E-state index >= 15 is 0 Å². The van der Waals surface area contributed by atoms with E-state index in [0.29, 0.717) is 26.8 Å². The zero-order chi connectivity index (χ0) is 24.1. The summed E-state index contributed by atoms with van der Waals surface area (Å²) in [5.41, 5.74) is 2.98. The van der Waals surface area contributed by atoms with Gasteiger partial charge in [0, 0.05) is 43.1 Å². The number of nitrogens with one attached hydrogen (secondary N) is 1. The zero-order valence-corrected chi connectivity index (χ0v) is 20.0. The van der Waals surface area contributed by atoms with Gasteiger partial charge in [-0.3, -0.25) is 4.79 Å². The lowest BCUT2D eigenvalue weighted by molar-refractivity contribution is -0.119. The largest absolute Gasteiger partial charge is 0.451 e. The Hall–Kier alpha value is -3.30. The molecule has 34 heavy (non-hydrogen) atoms. The number of piperazine rings is 1. The molecule has 0 atom stereocenters. The van der Waals surface area contributed by atoms with Crippen molar-refractivity contribution >= 4 is 34.6 Å². The van der Waals surface area contributed by atoms with Crippen molar-refractivity contribution < 1.29 is 18.7 Å². The molecule has 0 saturated carbocycles. The predicted octanol–water partition coefficient (Wildman–Crippen LogP) is 4.20. The van der Waals surface area contributed by atoms with E-state index in [2.05, 4.69) is 27.0 Å². The van der Waals surface area contributed by atoms with Gasteiger partial charge in [-0.05, 0) is 62.0 Å². The lowest BCUT2D eigenvalue weighted by Crippen LogP contribution is -2.46. The molecular formula is C25H27FN4O3S. The van der Waals surface area contributed by atoms with Crippen LogP contribution in [0.25, 0.3) is 10.6 Å². The highest BCUT2D eigenvalue weighted by molar-refractivity contribution is 7.17. The van der Waals surface area contributed by atoms with Gasteiger partial charge in [0.1, 0.15) is 15.7 Å². The minimum Gasteiger partial charge on any atom is -0.451 e. The number of halogens is 1. The number of esters is 1. The van der Waals surface area contributed by atoms with Crippen LogP contribution in [0.1, 0.15) is 22.3 Å². The number of ether oxygens (including phenoxy) is 1. The van der Waals surface area contributed by atoms with Crippen LogP contribution in [-0.2, 0) is 9.53 Å². The van der Waals surface area contributed by atoms with Crippen molar-refractivity contribution in [3.05, 3.63) is 64.9 Å². The van der Waals surface area contributed by atoms with Crippen LogP contribution in [0.15, 0.2) is 48.5 Å². The summed E-state index contributed by atoms with van der Waals surface area (Å²) in [7, 11) is 0. The molecule has 1 aliphatic rings. The van der Waals surface area contributed by atoms with E-state index in [1.54, 1.807) is 19.1 Å². The first-order valence-corrected chi connectivity index (χ1v) is 12.0. The molecule has 1 aliphatic heterocycles. The number of aromatic nitrogens is 1. The van der Waals surface area contributed by atoms with Crippen LogP contribution in [-0.4, -0.2) is 61.1 Å². The third kappa shape index (κ3) is 5.78. The summed E-state index contributed by atoms with van der Waals surface area (Å²) in [6.45, 7) is 8.60. The molecule has 1 N–H and O–H groups in total. The molecule has 7 nitrogen and oxygen atoms in total. The Bertz CT molecular complexity index is 1140. The Labute approximate surface area is 202 Å². The number of amides is 1. The number of benzene rings is 2. The fraction of sp³-hybridized carbons (Fsp3) is 0.320. The van der Waals surface area contributed by atoms with Crippen molar-refractivity contribution in [2.24, 2.45) is 0 Å². The summed E-state index contributed by atoms with van der Waals surface area (Å²) in [4.78, 5) is 34.2. The van der Waals surface area contributed by atoms with Crippen LogP contribution >= 0.6 is 11.3 Å². The fourth-order valence-electron chi connectivity index (χ4n) is 3.77. The van der Waals surface area contributed by atoms with Crippen LogP contribution in [0.4, 0.5) is 15.8 Å². The molecule has 0 spiro atoms. The van der Waals surface area contributed by atoms with Gasteiger partial charge in [-0.15, -0.1) is 11.3 Å². The van der Waals surface area contributed by atoms with E-state index in [1.807, 2.05) is 24.3 Å². The lowest BCUT2D eigenvalue weighted by Gasteiger charge is -2.35. The number of hydrogen-bond acceptors (Lipinski definition) is 7. The Morgan fingerprint density at radius 2 is 1.74 bits per heavy atom. The van der Waals surface area contributed by atoms with E-state index in [1.165, 1.54) is 12.1 Å². The standard InChI is InChI=1S/C25H27FN4O3S/c1-3-29-12-14-30(15-13-29)21-10-8-20(9-11-21)28-22(31)16-33-25(32)23-17(2)27-24(34-23)18-4-6-19(26)7-5-18/h4-11H,3,12-16H2,1-2H3,(H,28,31). The lowest BCUT2D eigenvalue weighted by atomic mass is 10.2. The average molecular weight is 483 g/mol. The molecule has 1 saturated heterocycles. The monoisotopic (exact) mass is 482 g/mol. The topological polar surface area (TPSA) is 74.8 Å². The molecule has 1 fully saturated rings. The van der Waals surface area contributed by atoms with Gasteiger partial charge in [0.15, 0.2) is 6.61 Å². The van der Waals surface area contributed by atoms with Crippen molar-refractivity contribution in [3.63, 3.8) is 0 Å². The third-order valence-electron chi connectivity index (χ3n) is 5.74.